The summed E-state index contributed by atoms with van der Waals surface area (Å²) < 4.78 is 1.91. The lowest BCUT2D eigenvalue weighted by atomic mass is 10.1. The molecule has 0 saturated carbocycles. The summed E-state index contributed by atoms with van der Waals surface area (Å²) in [6.45, 7) is 1.13. The van der Waals surface area contributed by atoms with Crippen LogP contribution >= 0.6 is 0 Å². The van der Waals surface area contributed by atoms with Gasteiger partial charge in [-0.3, -0.25) is 4.79 Å². The Morgan fingerprint density at radius 1 is 1.12 bits per heavy atom. The molecule has 1 aliphatic heterocycles. The van der Waals surface area contributed by atoms with Crippen LogP contribution in [0.3, 0.4) is 0 Å². The minimum absolute atomic E-state index is 0.0339. The molecular weight excluding hydrogens is 430 g/mol. The molecule has 0 unspecified atom stereocenters. The van der Waals surface area contributed by atoms with Gasteiger partial charge in [-0.1, -0.05) is 24.3 Å². The number of imidazole rings is 1. The van der Waals surface area contributed by atoms with Crippen LogP contribution in [0.1, 0.15) is 28.2 Å². The van der Waals surface area contributed by atoms with Crippen LogP contribution < -0.4 is 5.32 Å². The molecule has 10 nitrogen and oxygen atoms in total. The zero-order valence-corrected chi connectivity index (χ0v) is 18.9. The summed E-state index contributed by atoms with van der Waals surface area (Å²) in [6.07, 6.45) is 8.37. The number of H-pyrrole nitrogens is 1. The molecule has 0 saturated heterocycles. The number of carbonyl (C=O) groups excluding carboxylic acids is 1. The average molecular weight is 456 g/mol. The van der Waals surface area contributed by atoms with E-state index in [0.29, 0.717) is 25.1 Å². The van der Waals surface area contributed by atoms with Crippen molar-refractivity contribution in [3.63, 3.8) is 0 Å². The predicted molar refractivity (Wildman–Crippen MR) is 125 cm³/mol. The van der Waals surface area contributed by atoms with Crippen molar-refractivity contribution in [3.8, 4) is 11.4 Å². The molecule has 4 heterocycles. The Balaban J connectivity index is 1.10. The number of carbonyl (C=O) groups is 1. The van der Waals surface area contributed by atoms with Gasteiger partial charge in [0.05, 0.1) is 29.9 Å². The van der Waals surface area contributed by atoms with Crippen LogP contribution in [0.4, 0.5) is 5.95 Å². The summed E-state index contributed by atoms with van der Waals surface area (Å²) in [7, 11) is 1.92. The van der Waals surface area contributed by atoms with E-state index in [-0.39, 0.29) is 12.3 Å². The van der Waals surface area contributed by atoms with Gasteiger partial charge in [0.2, 0.25) is 11.9 Å². The van der Waals surface area contributed by atoms with E-state index in [1.165, 1.54) is 11.1 Å². The van der Waals surface area contributed by atoms with Gasteiger partial charge in [0, 0.05) is 44.6 Å². The monoisotopic (exact) mass is 455 g/mol. The van der Waals surface area contributed by atoms with Crippen LogP contribution in [0.2, 0.25) is 0 Å². The lowest BCUT2D eigenvalue weighted by molar-refractivity contribution is -0.131. The van der Waals surface area contributed by atoms with Gasteiger partial charge in [0.1, 0.15) is 11.5 Å². The van der Waals surface area contributed by atoms with Crippen molar-refractivity contribution in [1.82, 2.24) is 39.8 Å². The Kier molecular flexibility index (Phi) is 5.05. The van der Waals surface area contributed by atoms with Crippen LogP contribution in [0.15, 0.2) is 42.9 Å². The zero-order chi connectivity index (χ0) is 23.1. The van der Waals surface area contributed by atoms with Gasteiger partial charge in [0.15, 0.2) is 0 Å². The van der Waals surface area contributed by atoms with E-state index in [1.807, 2.05) is 22.7 Å². The van der Waals surface area contributed by atoms with Gasteiger partial charge < -0.3 is 14.8 Å². The highest BCUT2D eigenvalue weighted by Crippen LogP contribution is 2.24. The fourth-order valence-corrected chi connectivity index (χ4v) is 4.83. The van der Waals surface area contributed by atoms with E-state index >= 15 is 0 Å². The summed E-state index contributed by atoms with van der Waals surface area (Å²) in [5, 5.41) is 14.3. The first-order valence-corrected chi connectivity index (χ1v) is 11.5. The van der Waals surface area contributed by atoms with Crippen molar-refractivity contribution >= 4 is 11.9 Å². The second-order valence-electron chi connectivity index (χ2n) is 8.94. The third-order valence-corrected chi connectivity index (χ3v) is 6.57. The summed E-state index contributed by atoms with van der Waals surface area (Å²) in [5.74, 6) is 1.38. The minimum atomic E-state index is 0.0339. The summed E-state index contributed by atoms with van der Waals surface area (Å²) in [6, 6.07) is 8.83. The van der Waals surface area contributed by atoms with Crippen molar-refractivity contribution in [2.45, 2.75) is 38.3 Å². The second kappa shape index (κ2) is 8.36. The fourth-order valence-electron chi connectivity index (χ4n) is 4.83. The number of benzene rings is 1. The molecule has 2 N–H and O–H groups in total. The van der Waals surface area contributed by atoms with E-state index in [4.69, 9.17) is 4.98 Å². The standard InChI is InChI=1S/C24H25N9O/c1-32-13-19(10-22(34)33-7-6-20-21(14-33)30-31-29-20)27-23(32)17-11-25-24(26-12-17)28-18-8-15-4-2-3-5-16(15)9-18/h2-5,11-13,18H,6-10,14H2,1H3,(H,25,26,28)(H,29,30,31). The number of aromatic nitrogens is 7. The minimum Gasteiger partial charge on any atom is -0.351 e. The van der Waals surface area contributed by atoms with Crippen molar-refractivity contribution in [2.24, 2.45) is 7.05 Å². The Morgan fingerprint density at radius 2 is 1.85 bits per heavy atom. The Labute approximate surface area is 196 Å². The number of nitrogens with one attached hydrogen (secondary N) is 2. The number of hydrogen-bond acceptors (Lipinski definition) is 7. The number of anilines is 1. The van der Waals surface area contributed by atoms with E-state index < -0.39 is 0 Å². The number of aryl methyl sites for hydroxylation is 1. The molecule has 0 atom stereocenters. The Hall–Kier alpha value is -4.08. The van der Waals surface area contributed by atoms with Crippen molar-refractivity contribution in [1.29, 1.82) is 0 Å². The molecule has 1 aromatic carbocycles. The molecule has 1 aliphatic carbocycles. The normalized spacial score (nSPS) is 15.3. The highest BCUT2D eigenvalue weighted by Gasteiger charge is 2.25. The largest absolute Gasteiger partial charge is 0.351 e. The fraction of sp³-hybridized carbons (Fsp3) is 0.333. The first-order chi connectivity index (χ1) is 16.6. The highest BCUT2D eigenvalue weighted by atomic mass is 16.2. The molecule has 0 radical (unpaired) electrons. The molecule has 0 fully saturated rings. The molecular formula is C24H25N9O. The molecule has 10 heteroatoms. The number of amides is 1. The molecule has 34 heavy (non-hydrogen) atoms. The molecule has 2 aliphatic rings. The number of nitrogens with zero attached hydrogens (tertiary/aromatic N) is 7. The first kappa shape index (κ1) is 20.5. The zero-order valence-electron chi connectivity index (χ0n) is 18.9. The summed E-state index contributed by atoms with van der Waals surface area (Å²) in [4.78, 5) is 28.4. The van der Waals surface area contributed by atoms with Crippen LogP contribution in [0, 0.1) is 0 Å². The Morgan fingerprint density at radius 3 is 2.62 bits per heavy atom. The van der Waals surface area contributed by atoms with Crippen LogP contribution in [0.25, 0.3) is 11.4 Å². The van der Waals surface area contributed by atoms with Gasteiger partial charge in [-0.15, -0.1) is 0 Å². The summed E-state index contributed by atoms with van der Waals surface area (Å²) >= 11 is 0. The number of fused-ring (bicyclic) bond motifs is 2. The maximum absolute atomic E-state index is 12.8. The third kappa shape index (κ3) is 3.91. The highest BCUT2D eigenvalue weighted by molar-refractivity contribution is 5.78. The molecule has 0 bridgehead atoms. The smallest absolute Gasteiger partial charge is 0.229 e. The van der Waals surface area contributed by atoms with E-state index in [1.54, 1.807) is 12.4 Å². The molecule has 6 rings (SSSR count). The van der Waals surface area contributed by atoms with Crippen molar-refractivity contribution < 1.29 is 4.79 Å². The molecule has 172 valence electrons. The maximum Gasteiger partial charge on any atom is 0.229 e. The van der Waals surface area contributed by atoms with Gasteiger partial charge in [-0.2, -0.15) is 15.4 Å². The van der Waals surface area contributed by atoms with Gasteiger partial charge in [-0.25, -0.2) is 15.0 Å². The molecule has 1 amide bonds. The molecule has 0 spiro atoms. The molecule has 4 aromatic rings. The van der Waals surface area contributed by atoms with Crippen LogP contribution in [-0.2, 0) is 44.1 Å². The Bertz CT molecular complexity index is 1320. The van der Waals surface area contributed by atoms with Crippen LogP contribution in [0.5, 0.6) is 0 Å². The van der Waals surface area contributed by atoms with Crippen molar-refractivity contribution in [3.05, 3.63) is 71.1 Å². The number of hydrogen-bond donors (Lipinski definition) is 2. The third-order valence-electron chi connectivity index (χ3n) is 6.57. The van der Waals surface area contributed by atoms with Gasteiger partial charge in [0.25, 0.3) is 0 Å². The average Bonchev–Trinajstić information content (AvgIpc) is 3.56. The quantitative estimate of drug-likeness (QED) is 0.470. The first-order valence-electron chi connectivity index (χ1n) is 11.5. The van der Waals surface area contributed by atoms with Crippen LogP contribution in [-0.4, -0.2) is 58.3 Å². The second-order valence-corrected chi connectivity index (χ2v) is 8.94. The predicted octanol–water partition coefficient (Wildman–Crippen LogP) is 1.70. The maximum atomic E-state index is 12.8. The molecule has 3 aromatic heterocycles. The van der Waals surface area contributed by atoms with E-state index in [9.17, 15) is 4.79 Å². The van der Waals surface area contributed by atoms with Gasteiger partial charge in [-0.05, 0) is 24.0 Å². The lowest BCUT2D eigenvalue weighted by Gasteiger charge is -2.25. The topological polar surface area (TPSA) is 118 Å². The van der Waals surface area contributed by atoms with Gasteiger partial charge >= 0.3 is 0 Å². The number of aromatic amines is 1. The number of rotatable bonds is 5. The van der Waals surface area contributed by atoms with E-state index in [2.05, 4.69) is 55.0 Å². The SMILES string of the molecule is Cn1cc(CC(=O)N2CCc3n[nH]nc3C2)nc1-c1cnc(NC2Cc3ccccc3C2)nc1. The van der Waals surface area contributed by atoms with Crippen molar-refractivity contribution in [2.75, 3.05) is 11.9 Å². The lowest BCUT2D eigenvalue weighted by Crippen LogP contribution is -2.37. The van der Waals surface area contributed by atoms with E-state index in [0.717, 1.165) is 47.7 Å². The summed E-state index contributed by atoms with van der Waals surface area (Å²) in [5.41, 5.74) is 6.09.